The number of fused-ring (bicyclic) bond motifs is 1. The van der Waals surface area contributed by atoms with Crippen LogP contribution in [0.3, 0.4) is 0 Å². The van der Waals surface area contributed by atoms with Crippen LogP contribution < -0.4 is 5.32 Å². The molecule has 0 bridgehead atoms. The summed E-state index contributed by atoms with van der Waals surface area (Å²) in [6, 6.07) is 7.11. The van der Waals surface area contributed by atoms with Gasteiger partial charge in [-0.15, -0.1) is 0 Å². The Kier molecular flexibility index (Phi) is 3.58. The zero-order valence-electron chi connectivity index (χ0n) is 11.4. The van der Waals surface area contributed by atoms with Gasteiger partial charge in [-0.05, 0) is 18.6 Å². The van der Waals surface area contributed by atoms with Crippen molar-refractivity contribution >= 4 is 28.8 Å². The van der Waals surface area contributed by atoms with Crippen molar-refractivity contribution in [1.29, 1.82) is 0 Å². The number of aromatic nitrogens is 3. The lowest BCUT2D eigenvalue weighted by Gasteiger charge is -2.08. The van der Waals surface area contributed by atoms with Crippen molar-refractivity contribution in [3.8, 4) is 0 Å². The molecule has 1 amide bonds. The van der Waals surface area contributed by atoms with E-state index in [9.17, 15) is 4.79 Å². The molecule has 0 radical (unpaired) electrons. The Morgan fingerprint density at radius 1 is 1.29 bits per heavy atom. The van der Waals surface area contributed by atoms with Gasteiger partial charge in [0, 0.05) is 11.9 Å². The number of amides is 1. The standard InChI is InChI=1S/C15H13ClN4O/c1-2-10-7-17-9-14-18-8-13(20(10)14)15(21)19-12-6-4-3-5-11(12)16/h3-9H,2H2,1H3,(H,19,21). The Hall–Kier alpha value is -2.40. The maximum atomic E-state index is 12.5. The smallest absolute Gasteiger partial charge is 0.274 e. The van der Waals surface area contributed by atoms with E-state index in [2.05, 4.69) is 15.3 Å². The Morgan fingerprint density at radius 2 is 2.10 bits per heavy atom. The Morgan fingerprint density at radius 3 is 2.86 bits per heavy atom. The van der Waals surface area contributed by atoms with Gasteiger partial charge in [0.15, 0.2) is 5.65 Å². The van der Waals surface area contributed by atoms with Crippen LogP contribution in [0.1, 0.15) is 23.1 Å². The van der Waals surface area contributed by atoms with Gasteiger partial charge in [-0.2, -0.15) is 0 Å². The average molecular weight is 301 g/mol. The van der Waals surface area contributed by atoms with E-state index in [1.54, 1.807) is 35.1 Å². The minimum absolute atomic E-state index is 0.253. The van der Waals surface area contributed by atoms with Crippen LogP contribution in [0.15, 0.2) is 42.9 Å². The van der Waals surface area contributed by atoms with Crippen LogP contribution in [0.25, 0.3) is 5.65 Å². The molecule has 106 valence electrons. The first-order valence-corrected chi connectivity index (χ1v) is 6.94. The van der Waals surface area contributed by atoms with E-state index < -0.39 is 0 Å². The number of carbonyl (C=O) groups is 1. The lowest BCUT2D eigenvalue weighted by molar-refractivity contribution is 0.102. The number of halogens is 1. The molecule has 0 unspecified atom stereocenters. The quantitative estimate of drug-likeness (QED) is 0.808. The molecule has 21 heavy (non-hydrogen) atoms. The number of benzene rings is 1. The van der Waals surface area contributed by atoms with Gasteiger partial charge >= 0.3 is 0 Å². The van der Waals surface area contributed by atoms with Crippen LogP contribution in [0.2, 0.25) is 5.02 Å². The third kappa shape index (κ3) is 2.48. The van der Waals surface area contributed by atoms with Gasteiger partial charge in [0.05, 0.1) is 23.1 Å². The highest BCUT2D eigenvalue weighted by Gasteiger charge is 2.15. The van der Waals surface area contributed by atoms with Gasteiger partial charge in [0.1, 0.15) is 5.69 Å². The highest BCUT2D eigenvalue weighted by molar-refractivity contribution is 6.33. The fourth-order valence-corrected chi connectivity index (χ4v) is 2.35. The molecule has 0 aliphatic heterocycles. The second-order valence-corrected chi connectivity index (χ2v) is 4.93. The normalized spacial score (nSPS) is 10.8. The molecule has 0 aliphatic carbocycles. The molecule has 3 aromatic rings. The molecule has 6 heteroatoms. The maximum absolute atomic E-state index is 12.5. The fourth-order valence-electron chi connectivity index (χ4n) is 2.17. The average Bonchev–Trinajstić information content (AvgIpc) is 2.93. The van der Waals surface area contributed by atoms with Gasteiger partial charge < -0.3 is 5.32 Å². The lowest BCUT2D eigenvalue weighted by Crippen LogP contribution is -2.16. The molecule has 0 saturated heterocycles. The van der Waals surface area contributed by atoms with Gasteiger partial charge in [-0.1, -0.05) is 30.7 Å². The predicted octanol–water partition coefficient (Wildman–Crippen LogP) is 3.20. The zero-order valence-corrected chi connectivity index (χ0v) is 12.1. The van der Waals surface area contributed by atoms with Crippen molar-refractivity contribution < 1.29 is 4.79 Å². The van der Waals surface area contributed by atoms with Crippen molar-refractivity contribution in [2.45, 2.75) is 13.3 Å². The van der Waals surface area contributed by atoms with Crippen molar-refractivity contribution in [3.63, 3.8) is 0 Å². The first-order valence-electron chi connectivity index (χ1n) is 6.57. The summed E-state index contributed by atoms with van der Waals surface area (Å²) in [5, 5.41) is 3.30. The molecule has 5 nitrogen and oxygen atoms in total. The third-order valence-electron chi connectivity index (χ3n) is 3.21. The highest BCUT2D eigenvalue weighted by atomic mass is 35.5. The number of carbonyl (C=O) groups excluding carboxylic acids is 1. The number of anilines is 1. The molecule has 0 atom stereocenters. The molecule has 0 fully saturated rings. The molecule has 0 spiro atoms. The lowest BCUT2D eigenvalue weighted by atomic mass is 10.3. The molecule has 0 aliphatic rings. The van der Waals surface area contributed by atoms with Crippen molar-refractivity contribution in [1.82, 2.24) is 14.4 Å². The van der Waals surface area contributed by atoms with E-state index in [0.717, 1.165) is 12.1 Å². The van der Waals surface area contributed by atoms with Gasteiger partial charge in [0.25, 0.3) is 5.91 Å². The summed E-state index contributed by atoms with van der Waals surface area (Å²) >= 11 is 6.06. The fraction of sp³-hybridized carbons (Fsp3) is 0.133. The number of nitrogens with zero attached hydrogens (tertiary/aromatic N) is 3. The van der Waals surface area contributed by atoms with Gasteiger partial charge in [0.2, 0.25) is 0 Å². The summed E-state index contributed by atoms with van der Waals surface area (Å²) in [6.07, 6.45) is 5.67. The predicted molar refractivity (Wildman–Crippen MR) is 81.8 cm³/mol. The number of para-hydroxylation sites is 1. The van der Waals surface area contributed by atoms with Crippen molar-refractivity contribution in [2.24, 2.45) is 0 Å². The molecule has 3 rings (SSSR count). The summed E-state index contributed by atoms with van der Waals surface area (Å²) in [6.45, 7) is 2.01. The zero-order chi connectivity index (χ0) is 14.8. The molecule has 1 aromatic carbocycles. The van der Waals surface area contributed by atoms with E-state index in [1.807, 2.05) is 19.1 Å². The molecular formula is C15H13ClN4O. The summed E-state index contributed by atoms with van der Waals surface area (Å²) in [5.41, 5.74) is 2.61. The van der Waals surface area contributed by atoms with Crippen LogP contribution in [0, 0.1) is 0 Å². The Balaban J connectivity index is 2.01. The largest absolute Gasteiger partial charge is 0.319 e. The minimum Gasteiger partial charge on any atom is -0.319 e. The van der Waals surface area contributed by atoms with E-state index in [0.29, 0.717) is 22.1 Å². The summed E-state index contributed by atoms with van der Waals surface area (Å²) in [4.78, 5) is 20.8. The van der Waals surface area contributed by atoms with Crippen LogP contribution in [-0.4, -0.2) is 20.3 Å². The molecule has 0 saturated carbocycles. The second kappa shape index (κ2) is 5.54. The summed E-state index contributed by atoms with van der Waals surface area (Å²) in [5.74, 6) is -0.253. The number of imidazole rings is 1. The van der Waals surface area contributed by atoms with Gasteiger partial charge in [-0.25, -0.2) is 4.98 Å². The number of rotatable bonds is 3. The number of nitrogens with one attached hydrogen (secondary N) is 1. The van der Waals surface area contributed by atoms with Gasteiger partial charge in [-0.3, -0.25) is 14.2 Å². The third-order valence-corrected chi connectivity index (χ3v) is 3.54. The van der Waals surface area contributed by atoms with Crippen LogP contribution in [0.5, 0.6) is 0 Å². The number of hydrogen-bond acceptors (Lipinski definition) is 3. The summed E-state index contributed by atoms with van der Waals surface area (Å²) in [7, 11) is 0. The van der Waals surface area contributed by atoms with E-state index >= 15 is 0 Å². The van der Waals surface area contributed by atoms with Crippen LogP contribution in [0.4, 0.5) is 5.69 Å². The van der Waals surface area contributed by atoms with Crippen molar-refractivity contribution in [3.05, 3.63) is 59.3 Å². The Bertz CT molecular complexity index is 812. The maximum Gasteiger partial charge on any atom is 0.274 e. The molecular weight excluding hydrogens is 288 g/mol. The van der Waals surface area contributed by atoms with Crippen molar-refractivity contribution in [2.75, 3.05) is 5.32 Å². The van der Waals surface area contributed by atoms with E-state index in [4.69, 9.17) is 11.6 Å². The highest BCUT2D eigenvalue weighted by Crippen LogP contribution is 2.21. The summed E-state index contributed by atoms with van der Waals surface area (Å²) < 4.78 is 1.80. The number of hydrogen-bond donors (Lipinski definition) is 1. The first kappa shape index (κ1) is 13.6. The topological polar surface area (TPSA) is 59.3 Å². The minimum atomic E-state index is -0.253. The van der Waals surface area contributed by atoms with E-state index in [-0.39, 0.29) is 5.91 Å². The first-order chi connectivity index (χ1) is 10.2. The Labute approximate surface area is 126 Å². The van der Waals surface area contributed by atoms with E-state index in [1.165, 1.54) is 0 Å². The SMILES string of the molecule is CCc1cncc2ncc(C(=O)Nc3ccccc3Cl)n12. The van der Waals surface area contributed by atoms with Crippen LogP contribution in [-0.2, 0) is 6.42 Å². The van der Waals surface area contributed by atoms with Crippen LogP contribution >= 0.6 is 11.6 Å². The molecule has 2 heterocycles. The molecule has 1 N–H and O–H groups in total. The number of aryl methyl sites for hydroxylation is 1. The second-order valence-electron chi connectivity index (χ2n) is 4.52. The monoisotopic (exact) mass is 300 g/mol. The molecule has 2 aromatic heterocycles.